The van der Waals surface area contributed by atoms with Crippen LogP contribution >= 0.6 is 9.90 Å². The third-order valence-corrected chi connectivity index (χ3v) is 9.67. The summed E-state index contributed by atoms with van der Waals surface area (Å²) in [5.41, 5.74) is -0.948. The van der Waals surface area contributed by atoms with E-state index >= 15 is 0 Å². The van der Waals surface area contributed by atoms with Crippen molar-refractivity contribution in [2.45, 2.75) is 155 Å². The lowest BCUT2D eigenvalue weighted by atomic mass is 9.46. The van der Waals surface area contributed by atoms with E-state index in [0.717, 1.165) is 24.2 Å². The summed E-state index contributed by atoms with van der Waals surface area (Å²) in [4.78, 5) is 35.2. The van der Waals surface area contributed by atoms with E-state index in [1.165, 1.54) is 38.5 Å². The average Bonchev–Trinajstić information content (AvgIpc) is 3.17. The zero-order valence-corrected chi connectivity index (χ0v) is 25.1. The van der Waals surface area contributed by atoms with Gasteiger partial charge in [0.1, 0.15) is 5.60 Å². The smallest absolute Gasteiger partial charge is 0.347 e. The average molecular weight is 590 g/mol. The van der Waals surface area contributed by atoms with Gasteiger partial charge in [0.15, 0.2) is 0 Å². The van der Waals surface area contributed by atoms with Gasteiger partial charge in [-0.1, -0.05) is 43.6 Å². The minimum absolute atomic E-state index is 0. The van der Waals surface area contributed by atoms with E-state index in [-0.39, 0.29) is 68.0 Å². The maximum absolute atomic E-state index is 12.6. The Balaban J connectivity index is -0.000000647. The first kappa shape index (κ1) is 43.3. The van der Waals surface area contributed by atoms with Crippen LogP contribution in [0.3, 0.4) is 0 Å². The monoisotopic (exact) mass is 589 g/mol. The van der Waals surface area contributed by atoms with Crippen LogP contribution in [0.15, 0.2) is 0 Å². The second-order valence-corrected chi connectivity index (χ2v) is 13.4. The van der Waals surface area contributed by atoms with Crippen molar-refractivity contribution >= 4 is 27.8 Å². The molecule has 7 heteroatoms. The first-order valence-electron chi connectivity index (χ1n) is 13.8. The van der Waals surface area contributed by atoms with Crippen LogP contribution in [0.1, 0.15) is 143 Å². The van der Waals surface area contributed by atoms with Crippen LogP contribution in [0, 0.1) is 34.0 Å². The number of ether oxygens (including phenoxy) is 3. The first-order valence-corrected chi connectivity index (χ1v) is 13.8. The molecule has 0 aromatic heterocycles. The maximum atomic E-state index is 12.6. The SMILES string of the molecule is C.C.C.C.CCC(C)(C)C(=O)OC(C)(C)C12CC3CC(CC(C3)C1)C2.CCC(C)(C)C(=O)OC1CCOC1=O.[PH2-]. The molecule has 1 aliphatic heterocycles. The van der Waals surface area contributed by atoms with E-state index in [4.69, 9.17) is 14.2 Å². The van der Waals surface area contributed by atoms with Gasteiger partial charge in [0.2, 0.25) is 6.10 Å². The third kappa shape index (κ3) is 9.17. The maximum Gasteiger partial charge on any atom is 0.347 e. The van der Waals surface area contributed by atoms with Crippen LogP contribution in [0.25, 0.3) is 0 Å². The van der Waals surface area contributed by atoms with Gasteiger partial charge in [0.05, 0.1) is 17.4 Å². The summed E-state index contributed by atoms with van der Waals surface area (Å²) >= 11 is 0. The molecular weight excluding hydrogens is 523 g/mol. The predicted octanol–water partition coefficient (Wildman–Crippen LogP) is 9.11. The van der Waals surface area contributed by atoms with Crippen LogP contribution in [0.4, 0.5) is 0 Å². The Morgan fingerprint density at radius 2 is 1.20 bits per heavy atom. The van der Waals surface area contributed by atoms with Gasteiger partial charge in [-0.15, -0.1) is 0 Å². The molecule has 0 N–H and O–H groups in total. The van der Waals surface area contributed by atoms with E-state index in [1.807, 2.05) is 20.8 Å². The summed E-state index contributed by atoms with van der Waals surface area (Å²) in [5, 5.41) is 0. The Morgan fingerprint density at radius 3 is 1.55 bits per heavy atom. The highest BCUT2D eigenvalue weighted by molar-refractivity contribution is 6.92. The van der Waals surface area contributed by atoms with Crippen molar-refractivity contribution in [3.8, 4) is 0 Å². The molecule has 4 bridgehead atoms. The van der Waals surface area contributed by atoms with Crippen molar-refractivity contribution < 1.29 is 28.6 Å². The Labute approximate surface area is 251 Å². The molecule has 4 saturated carbocycles. The molecule has 240 valence electrons. The Morgan fingerprint density at radius 1 is 0.800 bits per heavy atom. The van der Waals surface area contributed by atoms with Gasteiger partial charge in [-0.25, -0.2) is 4.79 Å². The van der Waals surface area contributed by atoms with E-state index in [9.17, 15) is 14.4 Å². The lowest BCUT2D eigenvalue weighted by Gasteiger charge is -2.61. The fourth-order valence-corrected chi connectivity index (χ4v) is 6.49. The Hall–Kier alpha value is -1.16. The molecule has 4 aliphatic carbocycles. The normalized spacial score (nSPS) is 27.9. The number of esters is 3. The first-order chi connectivity index (χ1) is 16.1. The van der Waals surface area contributed by atoms with Gasteiger partial charge >= 0.3 is 17.9 Å². The molecule has 40 heavy (non-hydrogen) atoms. The van der Waals surface area contributed by atoms with Crippen molar-refractivity contribution in [1.29, 1.82) is 0 Å². The number of rotatable bonds is 7. The Bertz CT molecular complexity index is 780. The summed E-state index contributed by atoms with van der Waals surface area (Å²) in [6, 6.07) is 0. The van der Waals surface area contributed by atoms with E-state index in [1.54, 1.807) is 13.8 Å². The third-order valence-electron chi connectivity index (χ3n) is 9.67. The van der Waals surface area contributed by atoms with E-state index in [2.05, 4.69) is 20.8 Å². The molecule has 0 amide bonds. The molecule has 0 aromatic rings. The molecular formula is C33H66O6P-. The zero-order chi connectivity index (χ0) is 26.2. The molecule has 0 aromatic carbocycles. The zero-order valence-electron chi connectivity index (χ0n) is 23.9. The molecule has 6 nitrogen and oxygen atoms in total. The predicted molar refractivity (Wildman–Crippen MR) is 171 cm³/mol. The van der Waals surface area contributed by atoms with Crippen LogP contribution in [0.5, 0.6) is 0 Å². The fraction of sp³-hybridized carbons (Fsp3) is 0.909. The minimum atomic E-state index is -0.687. The quantitative estimate of drug-likeness (QED) is 0.167. The van der Waals surface area contributed by atoms with Crippen LogP contribution < -0.4 is 0 Å². The molecule has 1 heterocycles. The lowest BCUT2D eigenvalue weighted by molar-refractivity contribution is -0.206. The van der Waals surface area contributed by atoms with Gasteiger partial charge in [-0.2, -0.15) is 0 Å². The number of hydrogen-bond acceptors (Lipinski definition) is 6. The Kier molecular flexibility index (Phi) is 17.2. The summed E-state index contributed by atoms with van der Waals surface area (Å²) in [7, 11) is 0. The molecule has 0 radical (unpaired) electrons. The molecule has 1 atom stereocenters. The molecule has 1 unspecified atom stereocenters. The van der Waals surface area contributed by atoms with Crippen LogP contribution in [0.2, 0.25) is 0 Å². The van der Waals surface area contributed by atoms with Gasteiger partial charge < -0.3 is 24.1 Å². The molecule has 1 saturated heterocycles. The second kappa shape index (κ2) is 15.9. The molecule has 5 rings (SSSR count). The highest BCUT2D eigenvalue weighted by Gasteiger charge is 2.59. The summed E-state index contributed by atoms with van der Waals surface area (Å²) in [6.45, 7) is 16.3. The minimum Gasteiger partial charge on any atom is -0.577 e. The number of carbonyl (C=O) groups is 3. The number of cyclic esters (lactones) is 1. The van der Waals surface area contributed by atoms with Crippen LogP contribution in [-0.2, 0) is 28.6 Å². The van der Waals surface area contributed by atoms with Gasteiger partial charge in [-0.05, 0) is 111 Å². The standard InChI is InChI=1S/C19H32O2.C10H16O4.4CH4.H2P/c1-6-17(2,3)16(20)21-18(4,5)19-10-13-7-14(11-19)9-15(8-13)12-19;1-4-10(2,3)9(12)14-7-5-6-13-8(7)11;;;;;/h13-15H,6-12H2,1-5H3;7H,4-6H2,1-3H3;4*1H4;1H2/q;;;;;;-1. The van der Waals surface area contributed by atoms with Gasteiger partial charge in [-0.3, -0.25) is 9.59 Å². The fourth-order valence-electron chi connectivity index (χ4n) is 6.49. The van der Waals surface area contributed by atoms with Gasteiger partial charge in [0.25, 0.3) is 0 Å². The van der Waals surface area contributed by atoms with Crippen molar-refractivity contribution in [2.75, 3.05) is 6.61 Å². The van der Waals surface area contributed by atoms with Crippen molar-refractivity contribution in [1.82, 2.24) is 0 Å². The van der Waals surface area contributed by atoms with Crippen molar-refractivity contribution in [3.63, 3.8) is 0 Å². The number of hydrogen-bond donors (Lipinski definition) is 0. The number of carbonyl (C=O) groups excluding carboxylic acids is 3. The van der Waals surface area contributed by atoms with Crippen molar-refractivity contribution in [2.24, 2.45) is 34.0 Å². The molecule has 5 fully saturated rings. The largest absolute Gasteiger partial charge is 0.577 e. The van der Waals surface area contributed by atoms with Crippen LogP contribution in [-0.4, -0.2) is 36.2 Å². The highest BCUT2D eigenvalue weighted by Crippen LogP contribution is 2.64. The summed E-state index contributed by atoms with van der Waals surface area (Å²) in [5.74, 6) is 1.93. The molecule has 0 spiro atoms. The van der Waals surface area contributed by atoms with E-state index < -0.39 is 17.5 Å². The van der Waals surface area contributed by atoms with Gasteiger partial charge in [0, 0.05) is 11.8 Å². The molecule has 5 aliphatic rings. The van der Waals surface area contributed by atoms with Crippen molar-refractivity contribution in [3.05, 3.63) is 0 Å². The highest BCUT2D eigenvalue weighted by atomic mass is 31.0. The lowest BCUT2D eigenvalue weighted by Crippen LogP contribution is -2.58. The second-order valence-electron chi connectivity index (χ2n) is 13.4. The summed E-state index contributed by atoms with van der Waals surface area (Å²) in [6.07, 6.45) is 9.47. The van der Waals surface area contributed by atoms with E-state index in [0.29, 0.717) is 19.4 Å². The summed E-state index contributed by atoms with van der Waals surface area (Å²) < 4.78 is 15.9. The topological polar surface area (TPSA) is 78.9 Å².